The molecule has 0 aliphatic carbocycles. The third-order valence-electron chi connectivity index (χ3n) is 3.50. The second kappa shape index (κ2) is 4.27. The Morgan fingerprint density at radius 1 is 1.06 bits per heavy atom. The second-order valence-corrected chi connectivity index (χ2v) is 6.23. The SMILES string of the molecule is Cc1ccc([C@@H]2CO[C@@H]3C(I)CO[C@H]32)cc1. The highest BCUT2D eigenvalue weighted by molar-refractivity contribution is 14.1. The maximum atomic E-state index is 5.85. The Morgan fingerprint density at radius 3 is 2.50 bits per heavy atom. The minimum Gasteiger partial charge on any atom is -0.374 e. The summed E-state index contributed by atoms with van der Waals surface area (Å²) in [5, 5.41) is 0. The van der Waals surface area contributed by atoms with E-state index >= 15 is 0 Å². The Balaban J connectivity index is 1.84. The summed E-state index contributed by atoms with van der Waals surface area (Å²) in [7, 11) is 0. The highest BCUT2D eigenvalue weighted by Gasteiger charge is 2.46. The van der Waals surface area contributed by atoms with E-state index in [0.29, 0.717) is 15.9 Å². The van der Waals surface area contributed by atoms with Crippen LogP contribution in [0.25, 0.3) is 0 Å². The molecule has 2 aliphatic rings. The fourth-order valence-electron chi connectivity index (χ4n) is 2.55. The number of hydrogen-bond acceptors (Lipinski definition) is 2. The first kappa shape index (κ1) is 11.0. The first-order chi connectivity index (χ1) is 7.75. The molecule has 2 fully saturated rings. The molecule has 1 aromatic rings. The van der Waals surface area contributed by atoms with Crippen molar-refractivity contribution >= 4 is 22.6 Å². The van der Waals surface area contributed by atoms with Crippen molar-refractivity contribution in [1.29, 1.82) is 0 Å². The smallest absolute Gasteiger partial charge is 0.0983 e. The molecule has 4 atom stereocenters. The van der Waals surface area contributed by atoms with Crippen LogP contribution in [-0.2, 0) is 9.47 Å². The first-order valence-corrected chi connectivity index (χ1v) is 6.94. The Bertz CT molecular complexity index is 376. The number of aryl methyl sites for hydroxylation is 1. The first-order valence-electron chi connectivity index (χ1n) is 5.69. The summed E-state index contributed by atoms with van der Waals surface area (Å²) in [5.41, 5.74) is 2.65. The van der Waals surface area contributed by atoms with Crippen molar-refractivity contribution in [3.05, 3.63) is 35.4 Å². The van der Waals surface area contributed by atoms with Crippen LogP contribution in [0.15, 0.2) is 24.3 Å². The van der Waals surface area contributed by atoms with Crippen molar-refractivity contribution in [3.63, 3.8) is 0 Å². The average molecular weight is 330 g/mol. The van der Waals surface area contributed by atoms with Crippen molar-refractivity contribution in [2.75, 3.05) is 13.2 Å². The molecule has 0 amide bonds. The van der Waals surface area contributed by atoms with Crippen molar-refractivity contribution in [2.24, 2.45) is 0 Å². The summed E-state index contributed by atoms with van der Waals surface area (Å²) >= 11 is 2.43. The molecule has 0 spiro atoms. The van der Waals surface area contributed by atoms with Crippen LogP contribution in [0.1, 0.15) is 17.0 Å². The third-order valence-corrected chi connectivity index (χ3v) is 4.57. The standard InChI is InChI=1S/C13H15IO2/c1-8-2-4-9(5-3-8)10-6-15-13-11(14)7-16-12(10)13/h2-5,10-13H,6-7H2,1H3/t10-,11?,12-,13+/m0/s1. The number of rotatable bonds is 1. The Hall–Kier alpha value is -0.130. The molecule has 0 bridgehead atoms. The topological polar surface area (TPSA) is 18.5 Å². The molecule has 2 heterocycles. The molecule has 3 heteroatoms. The van der Waals surface area contributed by atoms with Gasteiger partial charge in [-0.15, -0.1) is 0 Å². The van der Waals surface area contributed by atoms with E-state index in [1.165, 1.54) is 11.1 Å². The van der Waals surface area contributed by atoms with E-state index < -0.39 is 0 Å². The van der Waals surface area contributed by atoms with Gasteiger partial charge in [0.15, 0.2) is 0 Å². The van der Waals surface area contributed by atoms with Crippen LogP contribution in [0.4, 0.5) is 0 Å². The van der Waals surface area contributed by atoms with Gasteiger partial charge in [-0.3, -0.25) is 0 Å². The van der Waals surface area contributed by atoms with Gasteiger partial charge in [0, 0.05) is 5.92 Å². The van der Waals surface area contributed by atoms with Crippen LogP contribution in [-0.4, -0.2) is 29.3 Å². The van der Waals surface area contributed by atoms with Gasteiger partial charge in [0.1, 0.15) is 0 Å². The molecule has 2 nitrogen and oxygen atoms in total. The zero-order valence-electron chi connectivity index (χ0n) is 9.23. The zero-order chi connectivity index (χ0) is 11.1. The lowest BCUT2D eigenvalue weighted by Crippen LogP contribution is -2.25. The lowest BCUT2D eigenvalue weighted by atomic mass is 9.93. The van der Waals surface area contributed by atoms with Crippen molar-refractivity contribution in [1.82, 2.24) is 0 Å². The van der Waals surface area contributed by atoms with Gasteiger partial charge in [0.05, 0.1) is 29.3 Å². The Labute approximate surface area is 109 Å². The highest BCUT2D eigenvalue weighted by Crippen LogP contribution is 2.39. The van der Waals surface area contributed by atoms with Crippen LogP contribution >= 0.6 is 22.6 Å². The van der Waals surface area contributed by atoms with Crippen LogP contribution < -0.4 is 0 Å². The van der Waals surface area contributed by atoms with Gasteiger partial charge in [-0.05, 0) is 12.5 Å². The second-order valence-electron chi connectivity index (χ2n) is 4.63. The molecule has 3 rings (SSSR count). The van der Waals surface area contributed by atoms with E-state index in [-0.39, 0.29) is 6.10 Å². The van der Waals surface area contributed by atoms with E-state index in [2.05, 4.69) is 53.8 Å². The summed E-state index contributed by atoms with van der Waals surface area (Å²) in [4.78, 5) is 0. The molecular weight excluding hydrogens is 315 g/mol. The summed E-state index contributed by atoms with van der Waals surface area (Å²) in [6.45, 7) is 3.75. The minimum atomic E-state index is 0.268. The molecule has 16 heavy (non-hydrogen) atoms. The molecule has 1 unspecified atom stereocenters. The number of fused-ring (bicyclic) bond motifs is 1. The number of ether oxygens (including phenoxy) is 2. The summed E-state index contributed by atoms with van der Waals surface area (Å²) < 4.78 is 12.2. The maximum Gasteiger partial charge on any atom is 0.0983 e. The lowest BCUT2D eigenvalue weighted by Gasteiger charge is -2.16. The quantitative estimate of drug-likeness (QED) is 0.582. The molecule has 0 aromatic heterocycles. The van der Waals surface area contributed by atoms with Gasteiger partial charge in [-0.2, -0.15) is 0 Å². The fraction of sp³-hybridized carbons (Fsp3) is 0.538. The Morgan fingerprint density at radius 2 is 1.75 bits per heavy atom. The van der Waals surface area contributed by atoms with Crippen LogP contribution in [0, 0.1) is 6.92 Å². The Kier molecular flexibility index (Phi) is 2.94. The van der Waals surface area contributed by atoms with E-state index in [1.807, 2.05) is 0 Å². The highest BCUT2D eigenvalue weighted by atomic mass is 127. The van der Waals surface area contributed by atoms with Crippen LogP contribution in [0.3, 0.4) is 0 Å². The van der Waals surface area contributed by atoms with Gasteiger partial charge in [0.25, 0.3) is 0 Å². The van der Waals surface area contributed by atoms with Crippen molar-refractivity contribution in [2.45, 2.75) is 29.0 Å². The van der Waals surface area contributed by atoms with Gasteiger partial charge < -0.3 is 9.47 Å². The molecule has 0 saturated carbocycles. The third kappa shape index (κ3) is 1.79. The molecular formula is C13H15IO2. The lowest BCUT2D eigenvalue weighted by molar-refractivity contribution is 0.0713. The van der Waals surface area contributed by atoms with Crippen molar-refractivity contribution in [3.8, 4) is 0 Å². The largest absolute Gasteiger partial charge is 0.374 e. The zero-order valence-corrected chi connectivity index (χ0v) is 11.4. The summed E-state index contributed by atoms with van der Waals surface area (Å²) in [6, 6.07) is 8.74. The van der Waals surface area contributed by atoms with Crippen LogP contribution in [0.2, 0.25) is 0 Å². The molecule has 86 valence electrons. The van der Waals surface area contributed by atoms with Crippen molar-refractivity contribution < 1.29 is 9.47 Å². The van der Waals surface area contributed by atoms with Gasteiger partial charge in [-0.1, -0.05) is 52.4 Å². The monoisotopic (exact) mass is 330 g/mol. The van der Waals surface area contributed by atoms with E-state index in [1.54, 1.807) is 0 Å². The summed E-state index contributed by atoms with van der Waals surface area (Å²) in [5.74, 6) is 0.422. The number of halogens is 1. The predicted molar refractivity (Wildman–Crippen MR) is 71.2 cm³/mol. The van der Waals surface area contributed by atoms with E-state index in [9.17, 15) is 0 Å². The molecule has 0 radical (unpaired) electrons. The van der Waals surface area contributed by atoms with Crippen LogP contribution in [0.5, 0.6) is 0 Å². The summed E-state index contributed by atoms with van der Waals surface area (Å²) in [6.07, 6.45) is 0.566. The van der Waals surface area contributed by atoms with E-state index in [4.69, 9.17) is 9.47 Å². The molecule has 2 aliphatic heterocycles. The molecule has 2 saturated heterocycles. The number of alkyl halides is 1. The predicted octanol–water partition coefficient (Wildman–Crippen LogP) is 2.68. The minimum absolute atomic E-state index is 0.268. The number of hydrogen-bond donors (Lipinski definition) is 0. The van der Waals surface area contributed by atoms with Gasteiger partial charge in [-0.25, -0.2) is 0 Å². The van der Waals surface area contributed by atoms with Gasteiger partial charge in [0.2, 0.25) is 0 Å². The van der Waals surface area contributed by atoms with E-state index in [0.717, 1.165) is 13.2 Å². The average Bonchev–Trinajstić information content (AvgIpc) is 2.84. The molecule has 1 aromatic carbocycles. The number of benzene rings is 1. The fourth-order valence-corrected chi connectivity index (χ4v) is 3.38. The molecule has 0 N–H and O–H groups in total. The van der Waals surface area contributed by atoms with Gasteiger partial charge >= 0.3 is 0 Å². The maximum absolute atomic E-state index is 5.85. The normalized spacial score (nSPS) is 37.6.